The number of hydrogen-bond acceptors (Lipinski definition) is 5. The van der Waals surface area contributed by atoms with Crippen LogP contribution >= 0.6 is 0 Å². The summed E-state index contributed by atoms with van der Waals surface area (Å²) in [5.74, 6) is 1.19. The van der Waals surface area contributed by atoms with Gasteiger partial charge in [-0.1, -0.05) is 6.07 Å². The minimum absolute atomic E-state index is 0.00379. The van der Waals surface area contributed by atoms with Crippen molar-refractivity contribution in [2.24, 2.45) is 5.92 Å². The summed E-state index contributed by atoms with van der Waals surface area (Å²) >= 11 is 0. The Bertz CT molecular complexity index is 1210. The Morgan fingerprint density at radius 1 is 1.18 bits per heavy atom. The molecule has 0 saturated carbocycles. The number of ether oxygens (including phenoxy) is 1. The summed E-state index contributed by atoms with van der Waals surface area (Å²) in [6.07, 6.45) is 6.09. The maximum absolute atomic E-state index is 14.0. The zero-order chi connectivity index (χ0) is 23.1. The quantitative estimate of drug-likeness (QED) is 0.496. The van der Waals surface area contributed by atoms with Crippen molar-refractivity contribution in [2.75, 3.05) is 25.0 Å². The molecule has 4 heterocycles. The fourth-order valence-electron chi connectivity index (χ4n) is 5.72. The molecule has 0 bridgehead atoms. The summed E-state index contributed by atoms with van der Waals surface area (Å²) in [7, 11) is 0. The van der Waals surface area contributed by atoms with Gasteiger partial charge in [0.05, 0.1) is 18.1 Å². The van der Waals surface area contributed by atoms with Gasteiger partial charge in [-0.2, -0.15) is 0 Å². The van der Waals surface area contributed by atoms with Gasteiger partial charge < -0.3 is 25.1 Å². The minimum atomic E-state index is -0.192. The zero-order valence-corrected chi connectivity index (χ0v) is 18.9. The number of furan rings is 1. The molecule has 3 N–H and O–H groups in total. The van der Waals surface area contributed by atoms with E-state index in [1.165, 1.54) is 6.07 Å². The molecule has 1 amide bonds. The molecule has 7 heteroatoms. The lowest BCUT2D eigenvalue weighted by atomic mass is 9.81. The third kappa shape index (κ3) is 3.94. The Balaban J connectivity index is 1.15. The summed E-state index contributed by atoms with van der Waals surface area (Å²) in [5, 5.41) is 10.0. The lowest BCUT2D eigenvalue weighted by Gasteiger charge is -2.29. The molecule has 6 nitrogen and oxygen atoms in total. The highest BCUT2D eigenvalue weighted by Gasteiger charge is 2.32. The van der Waals surface area contributed by atoms with Crippen molar-refractivity contribution in [1.29, 1.82) is 0 Å². The van der Waals surface area contributed by atoms with Crippen molar-refractivity contribution < 1.29 is 18.3 Å². The molecule has 3 atom stereocenters. The lowest BCUT2D eigenvalue weighted by molar-refractivity contribution is 0.0963. The van der Waals surface area contributed by atoms with E-state index < -0.39 is 0 Å². The van der Waals surface area contributed by atoms with E-state index in [9.17, 15) is 9.18 Å². The molecule has 176 valence electrons. The molecule has 3 aromatic rings. The number of benzene rings is 2. The first-order valence-corrected chi connectivity index (χ1v) is 12.0. The summed E-state index contributed by atoms with van der Waals surface area (Å²) in [5.41, 5.74) is 6.10. The molecule has 3 aliphatic heterocycles. The first-order chi connectivity index (χ1) is 16.7. The second-order valence-electron chi connectivity index (χ2n) is 9.53. The van der Waals surface area contributed by atoms with Gasteiger partial charge in [-0.05, 0) is 78.7 Å². The van der Waals surface area contributed by atoms with Crippen molar-refractivity contribution in [3.05, 3.63) is 82.6 Å². The van der Waals surface area contributed by atoms with Gasteiger partial charge >= 0.3 is 0 Å². The Labute approximate surface area is 197 Å². The number of carbonyl (C=O) groups excluding carboxylic acids is 1. The van der Waals surface area contributed by atoms with Gasteiger partial charge in [0.15, 0.2) is 0 Å². The number of hydrogen-bond donors (Lipinski definition) is 3. The van der Waals surface area contributed by atoms with Crippen LogP contribution in [0.1, 0.15) is 45.0 Å². The molecular weight excluding hydrogens is 433 g/mol. The van der Waals surface area contributed by atoms with Crippen LogP contribution in [0.15, 0.2) is 53.3 Å². The van der Waals surface area contributed by atoms with E-state index in [1.807, 2.05) is 24.3 Å². The van der Waals surface area contributed by atoms with Crippen LogP contribution in [0, 0.1) is 11.7 Å². The predicted octanol–water partition coefficient (Wildman–Crippen LogP) is 4.01. The van der Waals surface area contributed by atoms with E-state index in [1.54, 1.807) is 18.6 Å². The van der Waals surface area contributed by atoms with Gasteiger partial charge in [-0.25, -0.2) is 4.39 Å². The summed E-state index contributed by atoms with van der Waals surface area (Å²) in [6, 6.07) is 11.1. The smallest absolute Gasteiger partial charge is 0.252 e. The van der Waals surface area contributed by atoms with Crippen LogP contribution < -0.4 is 20.7 Å². The van der Waals surface area contributed by atoms with E-state index >= 15 is 0 Å². The van der Waals surface area contributed by atoms with Crippen LogP contribution in [-0.4, -0.2) is 31.6 Å². The minimum Gasteiger partial charge on any atom is -0.492 e. The van der Waals surface area contributed by atoms with Crippen LogP contribution in [0.5, 0.6) is 5.75 Å². The summed E-state index contributed by atoms with van der Waals surface area (Å²) < 4.78 is 25.3. The van der Waals surface area contributed by atoms with Crippen molar-refractivity contribution in [3.8, 4) is 5.75 Å². The summed E-state index contributed by atoms with van der Waals surface area (Å²) in [6.45, 7) is 2.79. The number of nitrogens with one attached hydrogen (secondary N) is 3. The monoisotopic (exact) mass is 461 g/mol. The third-order valence-corrected chi connectivity index (χ3v) is 7.43. The van der Waals surface area contributed by atoms with E-state index in [0.29, 0.717) is 19.1 Å². The predicted molar refractivity (Wildman–Crippen MR) is 127 cm³/mol. The normalized spacial score (nSPS) is 21.1. The van der Waals surface area contributed by atoms with Crippen molar-refractivity contribution >= 4 is 11.6 Å². The van der Waals surface area contributed by atoms with Crippen LogP contribution in [-0.2, 0) is 19.4 Å². The van der Waals surface area contributed by atoms with E-state index in [-0.39, 0.29) is 23.7 Å². The highest BCUT2D eigenvalue weighted by atomic mass is 19.1. The van der Waals surface area contributed by atoms with E-state index in [4.69, 9.17) is 9.15 Å². The maximum Gasteiger partial charge on any atom is 0.252 e. The first kappa shape index (κ1) is 21.2. The first-order valence-electron chi connectivity index (χ1n) is 12.0. The van der Waals surface area contributed by atoms with Gasteiger partial charge in [0.2, 0.25) is 0 Å². The van der Waals surface area contributed by atoms with Crippen LogP contribution in [0.3, 0.4) is 0 Å². The van der Waals surface area contributed by atoms with Crippen molar-refractivity contribution in [3.63, 3.8) is 0 Å². The summed E-state index contributed by atoms with van der Waals surface area (Å²) in [4.78, 5) is 12.3. The van der Waals surface area contributed by atoms with Crippen LogP contribution in [0.25, 0.3) is 0 Å². The standard InChI is InChI=1S/C27H28FN3O3/c28-19-2-3-24-21(10-19)23(13-30-24)17(9-16-6-8-33-14-16)5-7-29-20-11-22-25(34-15-20)4-1-18-12-31-27(32)26(18)22/h1-4,6,8,10,14,17,20,23,29-30H,5,7,9,11-13,15H2,(H,31,32). The number of fused-ring (bicyclic) bond motifs is 4. The van der Waals surface area contributed by atoms with Crippen LogP contribution in [0.4, 0.5) is 10.1 Å². The largest absolute Gasteiger partial charge is 0.492 e. The van der Waals surface area contributed by atoms with Gasteiger partial charge in [0, 0.05) is 36.3 Å². The fourth-order valence-corrected chi connectivity index (χ4v) is 5.72. The molecule has 0 radical (unpaired) electrons. The average molecular weight is 462 g/mol. The lowest BCUT2D eigenvalue weighted by Crippen LogP contribution is -2.41. The molecule has 0 fully saturated rings. The third-order valence-electron chi connectivity index (χ3n) is 7.43. The molecule has 3 aliphatic rings. The van der Waals surface area contributed by atoms with E-state index in [0.717, 1.165) is 71.6 Å². The number of carbonyl (C=O) groups is 1. The van der Waals surface area contributed by atoms with Gasteiger partial charge in [-0.15, -0.1) is 0 Å². The molecule has 34 heavy (non-hydrogen) atoms. The maximum atomic E-state index is 14.0. The number of amides is 1. The Kier molecular flexibility index (Phi) is 5.49. The SMILES string of the molecule is O=C1NCc2ccc3c(c21)CC(NCCC(Cc1ccoc1)C1CNc2ccc(F)cc21)CO3. The van der Waals surface area contributed by atoms with E-state index in [2.05, 4.69) is 16.0 Å². The van der Waals surface area contributed by atoms with Crippen molar-refractivity contribution in [2.45, 2.75) is 37.8 Å². The number of halogens is 1. The molecule has 0 spiro atoms. The van der Waals surface area contributed by atoms with Gasteiger partial charge in [0.25, 0.3) is 5.91 Å². The average Bonchev–Trinajstić information content (AvgIpc) is 3.58. The molecule has 1 aromatic heterocycles. The van der Waals surface area contributed by atoms with Gasteiger partial charge in [-0.3, -0.25) is 4.79 Å². The fraction of sp³-hybridized carbons (Fsp3) is 0.370. The topological polar surface area (TPSA) is 75.5 Å². The zero-order valence-electron chi connectivity index (χ0n) is 18.9. The number of anilines is 1. The Hall–Kier alpha value is -3.32. The van der Waals surface area contributed by atoms with Gasteiger partial charge in [0.1, 0.15) is 18.2 Å². The second kappa shape index (κ2) is 8.80. The Morgan fingerprint density at radius 3 is 3.00 bits per heavy atom. The van der Waals surface area contributed by atoms with Crippen LogP contribution in [0.2, 0.25) is 0 Å². The van der Waals surface area contributed by atoms with Crippen molar-refractivity contribution in [1.82, 2.24) is 10.6 Å². The highest BCUT2D eigenvalue weighted by molar-refractivity contribution is 6.00. The molecule has 0 aliphatic carbocycles. The molecule has 2 aromatic carbocycles. The molecule has 0 saturated heterocycles. The Morgan fingerprint density at radius 2 is 2.12 bits per heavy atom. The molecule has 3 unspecified atom stereocenters. The second-order valence-corrected chi connectivity index (χ2v) is 9.53. The number of rotatable bonds is 7. The molecule has 6 rings (SSSR count). The molecular formula is C27H28FN3O3. The highest BCUT2D eigenvalue weighted by Crippen LogP contribution is 2.39.